The minimum absolute atomic E-state index is 0.0843. The number of nitrogens with zero attached hydrogens (tertiary/aromatic N) is 4. The second-order valence-corrected chi connectivity index (χ2v) is 5.63. The molecule has 0 radical (unpaired) electrons. The highest BCUT2D eigenvalue weighted by atomic mass is 16.5. The van der Waals surface area contributed by atoms with E-state index in [1.165, 1.54) is 0 Å². The highest BCUT2D eigenvalue weighted by Gasteiger charge is 2.30. The van der Waals surface area contributed by atoms with Gasteiger partial charge in [0.1, 0.15) is 11.9 Å². The van der Waals surface area contributed by atoms with Crippen LogP contribution >= 0.6 is 0 Å². The lowest BCUT2D eigenvalue weighted by atomic mass is 10.2. The normalized spacial score (nSPS) is 24.9. The zero-order valence-corrected chi connectivity index (χ0v) is 11.5. The molecule has 1 aromatic rings. The van der Waals surface area contributed by atoms with E-state index in [4.69, 9.17) is 10.5 Å². The van der Waals surface area contributed by atoms with E-state index in [1.54, 1.807) is 0 Å². The summed E-state index contributed by atoms with van der Waals surface area (Å²) >= 11 is 0. The molecule has 1 saturated heterocycles. The number of morpholine rings is 1. The van der Waals surface area contributed by atoms with Gasteiger partial charge in [-0.15, -0.1) is 0 Å². The Morgan fingerprint density at radius 3 is 2.63 bits per heavy atom. The molecule has 2 aliphatic rings. The fourth-order valence-corrected chi connectivity index (χ4v) is 2.39. The molecule has 0 spiro atoms. The van der Waals surface area contributed by atoms with Crippen LogP contribution < -0.4 is 5.73 Å². The monoisotopic (exact) mass is 263 g/mol. The molecule has 104 valence electrons. The lowest BCUT2D eigenvalue weighted by molar-refractivity contribution is -0.0444. The van der Waals surface area contributed by atoms with Crippen molar-refractivity contribution in [2.45, 2.75) is 44.8 Å². The third-order valence-electron chi connectivity index (χ3n) is 3.75. The van der Waals surface area contributed by atoms with Gasteiger partial charge in [0.05, 0.1) is 6.61 Å². The number of anilines is 1. The van der Waals surface area contributed by atoms with Gasteiger partial charge in [-0.05, 0) is 26.7 Å². The SMILES string of the molecule is CC(C)N1CCOC(c2nc(N)nc(C3CC3)n2)C1. The van der Waals surface area contributed by atoms with Crippen LogP contribution in [0.25, 0.3) is 0 Å². The van der Waals surface area contributed by atoms with Gasteiger partial charge in [0.2, 0.25) is 5.95 Å². The molecule has 0 bridgehead atoms. The Morgan fingerprint density at radius 1 is 1.21 bits per heavy atom. The van der Waals surface area contributed by atoms with Crippen molar-refractivity contribution in [3.8, 4) is 0 Å². The van der Waals surface area contributed by atoms with Gasteiger partial charge in [0.25, 0.3) is 0 Å². The number of ether oxygens (including phenoxy) is 1. The maximum absolute atomic E-state index is 5.80. The summed E-state index contributed by atoms with van der Waals surface area (Å²) in [4.78, 5) is 15.4. The zero-order chi connectivity index (χ0) is 13.4. The van der Waals surface area contributed by atoms with Crippen molar-refractivity contribution in [2.75, 3.05) is 25.4 Å². The highest BCUT2D eigenvalue weighted by Crippen LogP contribution is 2.38. The average Bonchev–Trinajstić information content (AvgIpc) is 3.22. The highest BCUT2D eigenvalue weighted by molar-refractivity contribution is 5.20. The van der Waals surface area contributed by atoms with E-state index in [1.807, 2.05) is 0 Å². The molecule has 6 heteroatoms. The van der Waals surface area contributed by atoms with Gasteiger partial charge in [0, 0.05) is 25.0 Å². The van der Waals surface area contributed by atoms with Crippen molar-refractivity contribution < 1.29 is 4.74 Å². The quantitative estimate of drug-likeness (QED) is 0.880. The molecule has 2 fully saturated rings. The maximum atomic E-state index is 5.80. The Bertz CT molecular complexity index is 460. The molecule has 1 saturated carbocycles. The van der Waals surface area contributed by atoms with E-state index in [0.717, 1.165) is 31.8 Å². The topological polar surface area (TPSA) is 77.2 Å². The lowest BCUT2D eigenvalue weighted by Gasteiger charge is -2.34. The molecule has 1 aliphatic carbocycles. The van der Waals surface area contributed by atoms with Crippen LogP contribution in [0.4, 0.5) is 5.95 Å². The van der Waals surface area contributed by atoms with Crippen LogP contribution in [-0.4, -0.2) is 45.6 Å². The van der Waals surface area contributed by atoms with E-state index >= 15 is 0 Å². The smallest absolute Gasteiger partial charge is 0.223 e. The van der Waals surface area contributed by atoms with Gasteiger partial charge in [0.15, 0.2) is 5.82 Å². The third kappa shape index (κ3) is 2.84. The number of hydrogen-bond donors (Lipinski definition) is 1. The zero-order valence-electron chi connectivity index (χ0n) is 11.5. The number of aromatic nitrogens is 3. The van der Waals surface area contributed by atoms with Gasteiger partial charge in [-0.25, -0.2) is 4.98 Å². The summed E-state index contributed by atoms with van der Waals surface area (Å²) < 4.78 is 5.80. The number of nitrogens with two attached hydrogens (primary N) is 1. The predicted molar refractivity (Wildman–Crippen MR) is 71.6 cm³/mol. The predicted octanol–water partition coefficient (Wildman–Crippen LogP) is 1.11. The van der Waals surface area contributed by atoms with Crippen molar-refractivity contribution in [2.24, 2.45) is 0 Å². The Labute approximate surface area is 113 Å². The summed E-state index contributed by atoms with van der Waals surface area (Å²) in [5, 5.41) is 0. The van der Waals surface area contributed by atoms with Crippen LogP contribution in [-0.2, 0) is 4.74 Å². The van der Waals surface area contributed by atoms with E-state index in [-0.39, 0.29) is 6.10 Å². The van der Waals surface area contributed by atoms with Crippen molar-refractivity contribution in [1.82, 2.24) is 19.9 Å². The number of nitrogen functional groups attached to an aromatic ring is 1. The van der Waals surface area contributed by atoms with Crippen molar-refractivity contribution >= 4 is 5.95 Å². The lowest BCUT2D eigenvalue weighted by Crippen LogP contribution is -2.42. The first-order valence-electron chi connectivity index (χ1n) is 7.00. The number of rotatable bonds is 3. The van der Waals surface area contributed by atoms with Gasteiger partial charge < -0.3 is 10.5 Å². The van der Waals surface area contributed by atoms with Crippen molar-refractivity contribution in [3.05, 3.63) is 11.6 Å². The first kappa shape index (κ1) is 12.7. The molecule has 0 amide bonds. The molecule has 1 aromatic heterocycles. The summed E-state index contributed by atoms with van der Waals surface area (Å²) in [6, 6.07) is 0.508. The Balaban J connectivity index is 1.80. The van der Waals surface area contributed by atoms with Gasteiger partial charge in [-0.3, -0.25) is 4.90 Å². The van der Waals surface area contributed by atoms with Gasteiger partial charge in [-0.1, -0.05) is 0 Å². The Hall–Kier alpha value is -1.27. The molecule has 2 N–H and O–H groups in total. The fourth-order valence-electron chi connectivity index (χ4n) is 2.39. The van der Waals surface area contributed by atoms with Crippen LogP contribution in [0.2, 0.25) is 0 Å². The van der Waals surface area contributed by atoms with E-state index < -0.39 is 0 Å². The van der Waals surface area contributed by atoms with Crippen molar-refractivity contribution in [1.29, 1.82) is 0 Å². The summed E-state index contributed by atoms with van der Waals surface area (Å²) in [5.41, 5.74) is 5.79. The standard InChI is InChI=1S/C13H21N5O/c1-8(2)18-5-6-19-10(7-18)12-15-11(9-3-4-9)16-13(14)17-12/h8-10H,3-7H2,1-2H3,(H2,14,15,16,17). The average molecular weight is 263 g/mol. The van der Waals surface area contributed by atoms with Crippen LogP contribution in [0.5, 0.6) is 0 Å². The summed E-state index contributed by atoms with van der Waals surface area (Å²) in [7, 11) is 0. The second kappa shape index (κ2) is 5.02. The molecule has 6 nitrogen and oxygen atoms in total. The van der Waals surface area contributed by atoms with E-state index in [9.17, 15) is 0 Å². The van der Waals surface area contributed by atoms with Crippen molar-refractivity contribution in [3.63, 3.8) is 0 Å². The summed E-state index contributed by atoms with van der Waals surface area (Å²) in [6.45, 7) is 6.89. The largest absolute Gasteiger partial charge is 0.368 e. The molecule has 1 aliphatic heterocycles. The van der Waals surface area contributed by atoms with Gasteiger partial charge in [-0.2, -0.15) is 9.97 Å². The van der Waals surface area contributed by atoms with Gasteiger partial charge >= 0.3 is 0 Å². The second-order valence-electron chi connectivity index (χ2n) is 5.63. The third-order valence-corrected chi connectivity index (χ3v) is 3.75. The fraction of sp³-hybridized carbons (Fsp3) is 0.769. The first-order chi connectivity index (χ1) is 9.13. The number of hydrogen-bond acceptors (Lipinski definition) is 6. The molecular formula is C13H21N5O. The first-order valence-corrected chi connectivity index (χ1v) is 7.00. The molecule has 1 unspecified atom stereocenters. The Kier molecular flexibility index (Phi) is 3.36. The summed E-state index contributed by atoms with van der Waals surface area (Å²) in [5.74, 6) is 2.33. The molecule has 2 heterocycles. The molecule has 1 atom stereocenters. The van der Waals surface area contributed by atoms with E-state index in [0.29, 0.717) is 30.3 Å². The van der Waals surface area contributed by atoms with Crippen LogP contribution in [0.3, 0.4) is 0 Å². The van der Waals surface area contributed by atoms with Crippen LogP contribution in [0.15, 0.2) is 0 Å². The van der Waals surface area contributed by atoms with Crippen LogP contribution in [0, 0.1) is 0 Å². The van der Waals surface area contributed by atoms with Crippen LogP contribution in [0.1, 0.15) is 50.4 Å². The minimum atomic E-state index is -0.0843. The molecular weight excluding hydrogens is 242 g/mol. The minimum Gasteiger partial charge on any atom is -0.368 e. The Morgan fingerprint density at radius 2 is 1.95 bits per heavy atom. The maximum Gasteiger partial charge on any atom is 0.223 e. The molecule has 3 rings (SSSR count). The van der Waals surface area contributed by atoms with E-state index in [2.05, 4.69) is 33.7 Å². The molecule has 19 heavy (non-hydrogen) atoms. The summed E-state index contributed by atoms with van der Waals surface area (Å²) in [6.07, 6.45) is 2.23. The molecule has 0 aromatic carbocycles.